The molecule has 1 aromatic carbocycles. The summed E-state index contributed by atoms with van der Waals surface area (Å²) in [6.07, 6.45) is 0.766. The first-order valence-corrected chi connectivity index (χ1v) is 8.43. The molecule has 1 aliphatic rings. The first-order chi connectivity index (χ1) is 9.39. The number of ether oxygens (including phenoxy) is 1. The predicted octanol–water partition coefficient (Wildman–Crippen LogP) is 2.11. The van der Waals surface area contributed by atoms with Gasteiger partial charge in [0.05, 0.1) is 23.6 Å². The lowest BCUT2D eigenvalue weighted by Crippen LogP contribution is -2.17. The van der Waals surface area contributed by atoms with Crippen LogP contribution in [-0.4, -0.2) is 32.9 Å². The molecule has 0 bridgehead atoms. The number of anilines is 1. The van der Waals surface area contributed by atoms with Gasteiger partial charge >= 0.3 is 0 Å². The van der Waals surface area contributed by atoms with E-state index in [1.54, 1.807) is 18.2 Å². The second-order valence-corrected chi connectivity index (χ2v) is 7.51. The van der Waals surface area contributed by atoms with Crippen molar-refractivity contribution in [2.75, 3.05) is 23.9 Å². The summed E-state index contributed by atoms with van der Waals surface area (Å²) in [6.45, 7) is 0. The molecule has 1 saturated heterocycles. The number of sulfone groups is 1. The molecule has 1 aliphatic heterocycles. The third-order valence-corrected chi connectivity index (χ3v) is 5.37. The lowest BCUT2D eigenvalue weighted by atomic mass is 10.1. The highest BCUT2D eigenvalue weighted by atomic mass is 35.5. The molecule has 2 rings (SSSR count). The number of halogens is 1. The molecule has 7 heteroatoms. The maximum Gasteiger partial charge on any atom is 0.224 e. The second-order valence-electron chi connectivity index (χ2n) is 4.87. The highest BCUT2D eigenvalue weighted by molar-refractivity contribution is 7.91. The fourth-order valence-corrected chi connectivity index (χ4v) is 4.37. The van der Waals surface area contributed by atoms with E-state index in [0.717, 1.165) is 0 Å². The van der Waals surface area contributed by atoms with Crippen molar-refractivity contribution in [2.45, 2.75) is 12.8 Å². The van der Waals surface area contributed by atoms with Crippen LogP contribution in [-0.2, 0) is 14.6 Å². The van der Waals surface area contributed by atoms with Crippen LogP contribution < -0.4 is 10.1 Å². The highest BCUT2D eigenvalue weighted by Gasteiger charge is 2.29. The molecule has 1 aromatic rings. The molecule has 1 unspecified atom stereocenters. The van der Waals surface area contributed by atoms with Gasteiger partial charge < -0.3 is 10.1 Å². The minimum atomic E-state index is -2.95. The van der Waals surface area contributed by atoms with E-state index in [-0.39, 0.29) is 29.8 Å². The molecule has 1 atom stereocenters. The van der Waals surface area contributed by atoms with Gasteiger partial charge in [0.25, 0.3) is 0 Å². The van der Waals surface area contributed by atoms with Crippen molar-refractivity contribution in [3.8, 4) is 5.75 Å². The summed E-state index contributed by atoms with van der Waals surface area (Å²) in [7, 11) is -1.43. The number of carbonyl (C=O) groups is 1. The van der Waals surface area contributed by atoms with Crippen LogP contribution in [0.2, 0.25) is 5.02 Å². The standard InChI is InChI=1S/C13H16ClNO4S/c1-19-12-3-2-10(7-11(12)14)15-13(16)6-9-4-5-20(17,18)8-9/h2-3,7,9H,4-6,8H2,1H3,(H,15,16). The van der Waals surface area contributed by atoms with Crippen molar-refractivity contribution in [1.29, 1.82) is 0 Å². The van der Waals surface area contributed by atoms with Gasteiger partial charge in [0, 0.05) is 12.1 Å². The number of carbonyl (C=O) groups excluding carboxylic acids is 1. The average Bonchev–Trinajstić information content (AvgIpc) is 2.68. The third-order valence-electron chi connectivity index (χ3n) is 3.24. The zero-order chi connectivity index (χ0) is 14.8. The van der Waals surface area contributed by atoms with Crippen LogP contribution in [0.25, 0.3) is 0 Å². The molecule has 0 aromatic heterocycles. The van der Waals surface area contributed by atoms with E-state index in [1.165, 1.54) is 7.11 Å². The fourth-order valence-electron chi connectivity index (χ4n) is 2.25. The topological polar surface area (TPSA) is 72.5 Å². The van der Waals surface area contributed by atoms with E-state index in [1.807, 2.05) is 0 Å². The lowest BCUT2D eigenvalue weighted by molar-refractivity contribution is -0.116. The Morgan fingerprint density at radius 2 is 2.25 bits per heavy atom. The number of hydrogen-bond acceptors (Lipinski definition) is 4. The summed E-state index contributed by atoms with van der Waals surface area (Å²) in [5.41, 5.74) is 0.571. The van der Waals surface area contributed by atoms with Gasteiger partial charge in [-0.1, -0.05) is 11.6 Å². The van der Waals surface area contributed by atoms with Crippen LogP contribution in [0.5, 0.6) is 5.75 Å². The summed E-state index contributed by atoms with van der Waals surface area (Å²) in [6, 6.07) is 4.95. The summed E-state index contributed by atoms with van der Waals surface area (Å²) in [4.78, 5) is 11.9. The van der Waals surface area contributed by atoms with Crippen molar-refractivity contribution in [1.82, 2.24) is 0 Å². The van der Waals surface area contributed by atoms with Crippen molar-refractivity contribution >= 4 is 33.0 Å². The lowest BCUT2D eigenvalue weighted by Gasteiger charge is -2.10. The van der Waals surface area contributed by atoms with E-state index < -0.39 is 9.84 Å². The zero-order valence-corrected chi connectivity index (χ0v) is 12.6. The Hall–Kier alpha value is -1.27. The van der Waals surface area contributed by atoms with Crippen LogP contribution in [0.4, 0.5) is 5.69 Å². The first kappa shape index (κ1) is 15.1. The summed E-state index contributed by atoms with van der Waals surface area (Å²) in [5, 5.41) is 3.13. The van der Waals surface area contributed by atoms with E-state index in [4.69, 9.17) is 16.3 Å². The molecule has 1 N–H and O–H groups in total. The number of hydrogen-bond donors (Lipinski definition) is 1. The van der Waals surface area contributed by atoms with E-state index in [2.05, 4.69) is 5.32 Å². The Bertz CT molecular complexity index is 615. The Morgan fingerprint density at radius 1 is 1.50 bits per heavy atom. The van der Waals surface area contributed by atoms with Crippen LogP contribution in [0.3, 0.4) is 0 Å². The Kier molecular flexibility index (Phi) is 4.55. The van der Waals surface area contributed by atoms with Crippen LogP contribution >= 0.6 is 11.6 Å². The quantitative estimate of drug-likeness (QED) is 0.923. The molecular formula is C13H16ClNO4S. The molecule has 20 heavy (non-hydrogen) atoms. The van der Waals surface area contributed by atoms with Crippen molar-refractivity contribution in [2.24, 2.45) is 5.92 Å². The molecule has 0 radical (unpaired) electrons. The van der Waals surface area contributed by atoms with Crippen LogP contribution in [0.15, 0.2) is 18.2 Å². The van der Waals surface area contributed by atoms with Crippen molar-refractivity contribution in [3.63, 3.8) is 0 Å². The van der Waals surface area contributed by atoms with Crippen LogP contribution in [0.1, 0.15) is 12.8 Å². The minimum Gasteiger partial charge on any atom is -0.495 e. The largest absolute Gasteiger partial charge is 0.495 e. The second kappa shape index (κ2) is 6.01. The normalized spacial score (nSPS) is 20.6. The Balaban J connectivity index is 1.93. The highest BCUT2D eigenvalue weighted by Crippen LogP contribution is 2.28. The van der Waals surface area contributed by atoms with Gasteiger partial charge in [-0.3, -0.25) is 4.79 Å². The number of benzene rings is 1. The SMILES string of the molecule is COc1ccc(NC(=O)CC2CCS(=O)(=O)C2)cc1Cl. The van der Waals surface area contributed by atoms with Crippen molar-refractivity contribution < 1.29 is 17.9 Å². The number of amides is 1. The van der Waals surface area contributed by atoms with Crippen molar-refractivity contribution in [3.05, 3.63) is 23.2 Å². The van der Waals surface area contributed by atoms with Gasteiger partial charge in [-0.05, 0) is 30.5 Å². The van der Waals surface area contributed by atoms with E-state index in [0.29, 0.717) is 22.9 Å². The molecule has 5 nitrogen and oxygen atoms in total. The van der Waals surface area contributed by atoms with Crippen LogP contribution in [0, 0.1) is 5.92 Å². The third kappa shape index (κ3) is 3.86. The molecular weight excluding hydrogens is 302 g/mol. The summed E-state index contributed by atoms with van der Waals surface area (Å²) in [5.74, 6) is 0.525. The molecule has 1 amide bonds. The molecule has 1 fully saturated rings. The Morgan fingerprint density at radius 3 is 2.80 bits per heavy atom. The molecule has 0 saturated carbocycles. The summed E-state index contributed by atoms with van der Waals surface area (Å²) >= 11 is 5.97. The van der Waals surface area contributed by atoms with Gasteiger partial charge in [-0.15, -0.1) is 0 Å². The van der Waals surface area contributed by atoms with Gasteiger partial charge in [-0.25, -0.2) is 8.42 Å². The maximum atomic E-state index is 11.9. The fraction of sp³-hybridized carbons (Fsp3) is 0.462. The smallest absolute Gasteiger partial charge is 0.224 e. The number of nitrogens with one attached hydrogen (secondary N) is 1. The monoisotopic (exact) mass is 317 g/mol. The number of methoxy groups -OCH3 is 1. The predicted molar refractivity (Wildman–Crippen MR) is 78.0 cm³/mol. The summed E-state index contributed by atoms with van der Waals surface area (Å²) < 4.78 is 27.7. The minimum absolute atomic E-state index is 0.0891. The number of rotatable bonds is 4. The molecule has 0 spiro atoms. The van der Waals surface area contributed by atoms with E-state index >= 15 is 0 Å². The van der Waals surface area contributed by atoms with E-state index in [9.17, 15) is 13.2 Å². The first-order valence-electron chi connectivity index (χ1n) is 6.23. The van der Waals surface area contributed by atoms with Gasteiger partial charge in [0.2, 0.25) is 5.91 Å². The molecule has 110 valence electrons. The Labute approximate surface area is 123 Å². The van der Waals surface area contributed by atoms with Gasteiger partial charge in [-0.2, -0.15) is 0 Å². The zero-order valence-electron chi connectivity index (χ0n) is 11.1. The molecule has 0 aliphatic carbocycles. The van der Waals surface area contributed by atoms with Gasteiger partial charge in [0.1, 0.15) is 5.75 Å². The average molecular weight is 318 g/mol. The molecule has 1 heterocycles. The maximum absolute atomic E-state index is 11.9. The van der Waals surface area contributed by atoms with Gasteiger partial charge in [0.15, 0.2) is 9.84 Å².